The predicted octanol–water partition coefficient (Wildman–Crippen LogP) is 1.76. The molecule has 2 aromatic rings. The highest BCUT2D eigenvalue weighted by atomic mass is 19.4. The molecule has 0 saturated heterocycles. The van der Waals surface area contributed by atoms with E-state index in [0.29, 0.717) is 0 Å². The minimum absolute atomic E-state index is 0.0141. The Bertz CT molecular complexity index is 626. The number of halogens is 3. The van der Waals surface area contributed by atoms with Crippen LogP contribution in [0.1, 0.15) is 27.8 Å². The van der Waals surface area contributed by atoms with Gasteiger partial charge in [-0.3, -0.25) is 4.79 Å². The molecule has 0 bridgehead atoms. The van der Waals surface area contributed by atoms with Crippen molar-refractivity contribution in [2.75, 3.05) is 6.54 Å². The summed E-state index contributed by atoms with van der Waals surface area (Å²) in [5.41, 5.74) is -0.777. The number of hydrogen-bond donors (Lipinski definition) is 1. The van der Waals surface area contributed by atoms with Crippen LogP contribution in [0.15, 0.2) is 23.1 Å². The fraction of sp³-hybridized carbons (Fsp3) is 0.333. The number of alkyl halides is 3. The highest BCUT2D eigenvalue weighted by Gasteiger charge is 2.33. The van der Waals surface area contributed by atoms with Crippen LogP contribution in [-0.2, 0) is 12.6 Å². The zero-order valence-electron chi connectivity index (χ0n) is 10.9. The van der Waals surface area contributed by atoms with Crippen molar-refractivity contribution >= 4 is 5.91 Å². The van der Waals surface area contributed by atoms with Gasteiger partial charge >= 0.3 is 6.18 Å². The third-order valence-electron chi connectivity index (χ3n) is 2.48. The van der Waals surface area contributed by atoms with Crippen molar-refractivity contribution in [2.45, 2.75) is 19.5 Å². The van der Waals surface area contributed by atoms with E-state index in [2.05, 4.69) is 20.3 Å². The Hall–Kier alpha value is -2.45. The molecule has 6 nitrogen and oxygen atoms in total. The van der Waals surface area contributed by atoms with Crippen LogP contribution in [0.4, 0.5) is 13.2 Å². The smallest absolute Gasteiger partial charge is 0.433 e. The third-order valence-corrected chi connectivity index (χ3v) is 2.48. The van der Waals surface area contributed by atoms with Crippen LogP contribution >= 0.6 is 0 Å². The van der Waals surface area contributed by atoms with Gasteiger partial charge in [0.1, 0.15) is 11.5 Å². The summed E-state index contributed by atoms with van der Waals surface area (Å²) < 4.78 is 42.6. The predicted molar refractivity (Wildman–Crippen MR) is 64.3 cm³/mol. The number of aromatic nitrogens is 3. The molecule has 9 heteroatoms. The van der Waals surface area contributed by atoms with E-state index in [-0.39, 0.29) is 30.2 Å². The summed E-state index contributed by atoms with van der Waals surface area (Å²) in [6.07, 6.45) is -2.11. The van der Waals surface area contributed by atoms with Crippen molar-refractivity contribution < 1.29 is 22.4 Å². The first-order valence-electron chi connectivity index (χ1n) is 5.94. The number of amides is 1. The molecule has 0 spiro atoms. The number of hydrogen-bond acceptors (Lipinski definition) is 5. The minimum atomic E-state index is -4.52. The van der Waals surface area contributed by atoms with Crippen molar-refractivity contribution in [3.63, 3.8) is 0 Å². The molecule has 112 valence electrons. The van der Waals surface area contributed by atoms with E-state index in [4.69, 9.17) is 4.42 Å². The lowest BCUT2D eigenvalue weighted by molar-refractivity contribution is -0.141. The van der Waals surface area contributed by atoms with Gasteiger partial charge in [-0.25, -0.2) is 15.0 Å². The van der Waals surface area contributed by atoms with Gasteiger partial charge in [-0.15, -0.1) is 0 Å². The topological polar surface area (TPSA) is 80.9 Å². The maximum atomic E-state index is 12.6. The molecule has 0 unspecified atom stereocenters. The SMILES string of the molecule is Cc1cc(C(F)(F)F)nc(CCNC(=O)c2cnco2)n1. The fourth-order valence-electron chi connectivity index (χ4n) is 1.59. The van der Waals surface area contributed by atoms with Crippen LogP contribution in [0.5, 0.6) is 0 Å². The summed E-state index contributed by atoms with van der Waals surface area (Å²) in [6, 6.07) is 0.872. The average Bonchev–Trinajstić information content (AvgIpc) is 2.90. The van der Waals surface area contributed by atoms with E-state index < -0.39 is 17.8 Å². The van der Waals surface area contributed by atoms with Crippen LogP contribution < -0.4 is 5.32 Å². The van der Waals surface area contributed by atoms with Gasteiger partial charge < -0.3 is 9.73 Å². The minimum Gasteiger partial charge on any atom is -0.438 e. The van der Waals surface area contributed by atoms with Crippen LogP contribution in [0.2, 0.25) is 0 Å². The normalized spacial score (nSPS) is 11.4. The van der Waals surface area contributed by atoms with Crippen LogP contribution in [-0.4, -0.2) is 27.4 Å². The number of aryl methyl sites for hydroxylation is 1. The van der Waals surface area contributed by atoms with Gasteiger partial charge in [0, 0.05) is 18.7 Å². The molecule has 0 aliphatic heterocycles. The Balaban J connectivity index is 1.97. The standard InChI is InChI=1S/C12H11F3N4O2/c1-7-4-9(12(13,14)15)19-10(18-7)2-3-17-11(20)8-5-16-6-21-8/h4-6H,2-3H2,1H3,(H,17,20). The molecule has 1 amide bonds. The lowest BCUT2D eigenvalue weighted by Gasteiger charge is -2.09. The summed E-state index contributed by atoms with van der Waals surface area (Å²) in [4.78, 5) is 22.5. The van der Waals surface area contributed by atoms with Crippen molar-refractivity contribution in [3.8, 4) is 0 Å². The molecule has 1 N–H and O–H groups in total. The zero-order chi connectivity index (χ0) is 15.5. The van der Waals surface area contributed by atoms with Crippen molar-refractivity contribution in [1.82, 2.24) is 20.3 Å². The molecule has 0 atom stereocenters. The van der Waals surface area contributed by atoms with Crippen LogP contribution in [0, 0.1) is 6.92 Å². The second kappa shape index (κ2) is 5.90. The molecule has 2 aromatic heterocycles. The molecule has 2 heterocycles. The number of nitrogens with zero attached hydrogens (tertiary/aromatic N) is 3. The van der Waals surface area contributed by atoms with Gasteiger partial charge in [0.15, 0.2) is 6.39 Å². The monoisotopic (exact) mass is 300 g/mol. The molecule has 0 aliphatic carbocycles. The average molecular weight is 300 g/mol. The fourth-order valence-corrected chi connectivity index (χ4v) is 1.59. The summed E-state index contributed by atoms with van der Waals surface area (Å²) in [7, 11) is 0. The van der Waals surface area contributed by atoms with E-state index in [1.54, 1.807) is 0 Å². The largest absolute Gasteiger partial charge is 0.438 e. The summed E-state index contributed by atoms with van der Waals surface area (Å²) in [6.45, 7) is 1.54. The van der Waals surface area contributed by atoms with E-state index in [9.17, 15) is 18.0 Å². The molecule has 0 fully saturated rings. The molecule has 21 heavy (non-hydrogen) atoms. The molecular formula is C12H11F3N4O2. The number of oxazole rings is 1. The maximum Gasteiger partial charge on any atom is 0.433 e. The van der Waals surface area contributed by atoms with Gasteiger partial charge in [-0.05, 0) is 13.0 Å². The molecule has 0 aliphatic rings. The summed E-state index contributed by atoms with van der Waals surface area (Å²) in [5.74, 6) is -0.465. The number of rotatable bonds is 4. The van der Waals surface area contributed by atoms with Gasteiger partial charge in [-0.1, -0.05) is 0 Å². The Morgan fingerprint density at radius 2 is 2.14 bits per heavy atom. The Morgan fingerprint density at radius 3 is 2.76 bits per heavy atom. The van der Waals surface area contributed by atoms with Gasteiger partial charge in [-0.2, -0.15) is 13.2 Å². The highest BCUT2D eigenvalue weighted by Crippen LogP contribution is 2.27. The number of carbonyl (C=O) groups excluding carboxylic acids is 1. The zero-order valence-corrected chi connectivity index (χ0v) is 10.9. The second-order valence-electron chi connectivity index (χ2n) is 4.18. The van der Waals surface area contributed by atoms with Gasteiger partial charge in [0.2, 0.25) is 5.76 Å². The quantitative estimate of drug-likeness (QED) is 0.930. The van der Waals surface area contributed by atoms with Crippen molar-refractivity contribution in [1.29, 1.82) is 0 Å². The Morgan fingerprint density at radius 1 is 1.38 bits per heavy atom. The van der Waals surface area contributed by atoms with E-state index in [1.807, 2.05) is 0 Å². The molecule has 0 saturated carbocycles. The van der Waals surface area contributed by atoms with Crippen LogP contribution in [0.3, 0.4) is 0 Å². The lowest BCUT2D eigenvalue weighted by Crippen LogP contribution is -2.26. The van der Waals surface area contributed by atoms with Crippen LogP contribution in [0.25, 0.3) is 0 Å². The third kappa shape index (κ3) is 4.01. The lowest BCUT2D eigenvalue weighted by atomic mass is 10.3. The van der Waals surface area contributed by atoms with Gasteiger partial charge in [0.25, 0.3) is 5.91 Å². The highest BCUT2D eigenvalue weighted by molar-refractivity contribution is 5.90. The first kappa shape index (κ1) is 14.9. The van der Waals surface area contributed by atoms with E-state index in [0.717, 1.165) is 12.5 Å². The molecular weight excluding hydrogens is 289 g/mol. The Labute approximate surface area is 117 Å². The second-order valence-corrected chi connectivity index (χ2v) is 4.18. The first-order valence-corrected chi connectivity index (χ1v) is 5.94. The molecule has 0 aromatic carbocycles. The van der Waals surface area contributed by atoms with E-state index >= 15 is 0 Å². The van der Waals surface area contributed by atoms with Gasteiger partial charge in [0.05, 0.1) is 6.20 Å². The summed E-state index contributed by atoms with van der Waals surface area (Å²) in [5, 5.41) is 2.48. The van der Waals surface area contributed by atoms with E-state index in [1.165, 1.54) is 13.1 Å². The molecule has 0 radical (unpaired) electrons. The van der Waals surface area contributed by atoms with Crippen molar-refractivity contribution in [3.05, 3.63) is 41.6 Å². The number of carbonyl (C=O) groups is 1. The Kier molecular flexibility index (Phi) is 4.20. The molecule has 2 rings (SSSR count). The maximum absolute atomic E-state index is 12.6. The number of nitrogens with one attached hydrogen (secondary N) is 1. The van der Waals surface area contributed by atoms with Crippen molar-refractivity contribution in [2.24, 2.45) is 0 Å². The summed E-state index contributed by atoms with van der Waals surface area (Å²) >= 11 is 0. The first-order chi connectivity index (χ1) is 9.86.